The van der Waals surface area contributed by atoms with E-state index in [4.69, 9.17) is 0 Å². The van der Waals surface area contributed by atoms with Gasteiger partial charge in [-0.25, -0.2) is 0 Å². The van der Waals surface area contributed by atoms with Gasteiger partial charge in [-0.15, -0.1) is 0 Å². The monoisotopic (exact) mass is 1140 g/mol. The molecule has 0 fully saturated rings. The Kier molecular flexibility index (Phi) is 7.71. The van der Waals surface area contributed by atoms with Crippen LogP contribution >= 0.6 is 0 Å². The van der Waals surface area contributed by atoms with Crippen molar-refractivity contribution in [3.63, 3.8) is 0 Å². The van der Waals surface area contributed by atoms with Gasteiger partial charge in [-0.1, -0.05) is 182 Å². The Morgan fingerprint density at radius 3 is 1.32 bits per heavy atom. The Morgan fingerprint density at radius 2 is 0.611 bits per heavy atom. The molecule has 0 saturated heterocycles. The van der Waals surface area contributed by atoms with Crippen molar-refractivity contribution in [1.29, 1.82) is 0 Å². The third kappa shape index (κ3) is 4.96. The SMILES string of the molecule is c1ccc(-n2c3ccc(-c4ccccc4-n4c5ccccc5c5c4ccc4c6cccc7c8c9c%10ccccc%10n%10c%11ccccc%11c(cc8n(c67)c45)c9%10)cc3c3ccc4c(c5cc6c(c7cccc8c9ccccc9n6c87)c6c7ccccc7n4c56)c32)cc1. The first-order chi connectivity index (χ1) is 44.7. The third-order valence-corrected chi connectivity index (χ3v) is 21.5. The van der Waals surface area contributed by atoms with Gasteiger partial charge >= 0.3 is 0 Å². The van der Waals surface area contributed by atoms with Crippen molar-refractivity contribution >= 4 is 196 Å². The molecule has 0 aliphatic carbocycles. The molecule has 0 N–H and O–H groups in total. The minimum Gasteiger partial charge on any atom is -0.309 e. The highest BCUT2D eigenvalue weighted by atomic mass is 15.0. The van der Waals surface area contributed by atoms with Crippen molar-refractivity contribution in [2.24, 2.45) is 0 Å². The van der Waals surface area contributed by atoms with Crippen molar-refractivity contribution in [1.82, 2.24) is 26.7 Å². The maximum Gasteiger partial charge on any atom is 0.0641 e. The summed E-state index contributed by atoms with van der Waals surface area (Å²) in [5.74, 6) is 0. The highest BCUT2D eigenvalue weighted by Gasteiger charge is 2.31. The van der Waals surface area contributed by atoms with Gasteiger partial charge in [0.15, 0.2) is 0 Å². The summed E-state index contributed by atoms with van der Waals surface area (Å²) in [7, 11) is 0. The summed E-state index contributed by atoms with van der Waals surface area (Å²) < 4.78 is 15.4. The molecule has 6 heteroatoms. The zero-order chi connectivity index (χ0) is 57.7. The minimum absolute atomic E-state index is 1.14. The maximum absolute atomic E-state index is 2.64. The normalized spacial score (nSPS) is 13.1. The molecule has 0 unspecified atom stereocenters. The second-order valence-corrected chi connectivity index (χ2v) is 25.4. The van der Waals surface area contributed by atoms with Crippen LogP contribution in [0.15, 0.2) is 267 Å². The Labute approximate surface area is 509 Å². The van der Waals surface area contributed by atoms with Gasteiger partial charge in [-0.2, -0.15) is 0 Å². The Balaban J connectivity index is 0.789. The number of rotatable bonds is 3. The highest BCUT2D eigenvalue weighted by Crippen LogP contribution is 2.54. The highest BCUT2D eigenvalue weighted by molar-refractivity contribution is 6.42. The molecule has 24 aromatic rings. The lowest BCUT2D eigenvalue weighted by molar-refractivity contribution is 1.18. The van der Waals surface area contributed by atoms with Crippen LogP contribution in [0.2, 0.25) is 0 Å². The molecule has 0 amide bonds. The summed E-state index contributed by atoms with van der Waals surface area (Å²) in [6.07, 6.45) is 0. The van der Waals surface area contributed by atoms with E-state index in [1.807, 2.05) is 0 Å². The summed E-state index contributed by atoms with van der Waals surface area (Å²) >= 11 is 0. The van der Waals surface area contributed by atoms with Gasteiger partial charge in [0, 0.05) is 119 Å². The Hall–Kier alpha value is -12.1. The molecule has 0 aliphatic rings. The summed E-state index contributed by atoms with van der Waals surface area (Å²) in [4.78, 5) is 0. The van der Waals surface area contributed by atoms with E-state index in [-0.39, 0.29) is 0 Å². The molecule has 0 saturated carbocycles. The number of aromatic nitrogens is 6. The molecule has 0 spiro atoms. The Morgan fingerprint density at radius 1 is 0.178 bits per heavy atom. The average molecular weight is 1140 g/mol. The molecule has 6 nitrogen and oxygen atoms in total. The van der Waals surface area contributed by atoms with E-state index in [0.29, 0.717) is 0 Å². The van der Waals surface area contributed by atoms with Crippen molar-refractivity contribution < 1.29 is 0 Å². The van der Waals surface area contributed by atoms with Gasteiger partial charge in [0.2, 0.25) is 0 Å². The van der Waals surface area contributed by atoms with Crippen molar-refractivity contribution in [2.45, 2.75) is 0 Å². The predicted octanol–water partition coefficient (Wildman–Crippen LogP) is 22.1. The van der Waals surface area contributed by atoms with E-state index >= 15 is 0 Å². The fourth-order valence-electron chi connectivity index (χ4n) is 18.3. The van der Waals surface area contributed by atoms with Crippen LogP contribution in [-0.4, -0.2) is 26.7 Å². The lowest BCUT2D eigenvalue weighted by Gasteiger charge is -2.14. The second kappa shape index (κ2) is 15.3. The smallest absolute Gasteiger partial charge is 0.0641 e. The predicted molar refractivity (Wildman–Crippen MR) is 379 cm³/mol. The Bertz CT molecular complexity index is 7380. The summed E-state index contributed by atoms with van der Waals surface area (Å²) in [6.45, 7) is 0. The van der Waals surface area contributed by atoms with Gasteiger partial charge in [-0.3, -0.25) is 0 Å². The van der Waals surface area contributed by atoms with E-state index in [1.54, 1.807) is 0 Å². The molecule has 10 aromatic heterocycles. The van der Waals surface area contributed by atoms with Crippen molar-refractivity contribution in [3.05, 3.63) is 267 Å². The first-order valence-electron chi connectivity index (χ1n) is 31.4. The maximum atomic E-state index is 2.64. The van der Waals surface area contributed by atoms with Crippen LogP contribution in [0.4, 0.5) is 0 Å². The number of fused-ring (bicyclic) bond motifs is 34. The van der Waals surface area contributed by atoms with E-state index in [2.05, 4.69) is 294 Å². The van der Waals surface area contributed by atoms with E-state index in [9.17, 15) is 0 Å². The molecular weight excluding hydrogens is 1090 g/mol. The fraction of sp³-hybridized carbons (Fsp3) is 0. The average Bonchev–Trinajstić information content (AvgIpc) is 1.56. The molecule has 0 bridgehead atoms. The number of hydrogen-bond acceptors (Lipinski definition) is 0. The number of hydrogen-bond donors (Lipinski definition) is 0. The van der Waals surface area contributed by atoms with E-state index in [1.165, 1.54) is 207 Å². The number of benzene rings is 14. The second-order valence-electron chi connectivity index (χ2n) is 25.4. The van der Waals surface area contributed by atoms with Crippen LogP contribution in [0, 0.1) is 0 Å². The van der Waals surface area contributed by atoms with Crippen LogP contribution in [0.1, 0.15) is 0 Å². The van der Waals surface area contributed by atoms with E-state index in [0.717, 1.165) is 11.4 Å². The summed E-state index contributed by atoms with van der Waals surface area (Å²) in [5.41, 5.74) is 24.5. The largest absolute Gasteiger partial charge is 0.309 e. The van der Waals surface area contributed by atoms with Crippen molar-refractivity contribution in [2.75, 3.05) is 0 Å². The number of para-hydroxylation sites is 9. The standard InChI is InChI=1S/C84H44N6/c1-2-18-46(19-3-1)85-68-39-36-45(42-59(68)53-38-41-70-76(81(53)85)61-44-71-73(78-56-25-9-15-35-67(56)88(70)84(61)78)57-28-16-26-50-48-21-5-11-31-63(48)89(71)79(50)57)47-20-4-10-30-62(47)86-65-33-13-7-23-54(65)75-69(86)40-37-52-51-27-17-29-58-74-72(90(80(51)58)82(52)75)43-60-49-22-6-12-32-64(49)87-66-34-14-8-24-55(66)77(74)83(60)87/h1-44H. The third-order valence-electron chi connectivity index (χ3n) is 21.5. The van der Waals surface area contributed by atoms with Gasteiger partial charge in [-0.05, 0) is 90.5 Å². The first kappa shape index (κ1) is 45.2. The molecule has 0 aliphatic heterocycles. The first-order valence-corrected chi connectivity index (χ1v) is 31.4. The molecule has 90 heavy (non-hydrogen) atoms. The van der Waals surface area contributed by atoms with Crippen LogP contribution < -0.4 is 0 Å². The van der Waals surface area contributed by atoms with Gasteiger partial charge < -0.3 is 26.7 Å². The molecule has 410 valence electrons. The van der Waals surface area contributed by atoms with Crippen LogP contribution in [0.3, 0.4) is 0 Å². The molecule has 24 rings (SSSR count). The van der Waals surface area contributed by atoms with Crippen LogP contribution in [0.5, 0.6) is 0 Å². The molecule has 14 aromatic carbocycles. The fourth-order valence-corrected chi connectivity index (χ4v) is 18.3. The van der Waals surface area contributed by atoms with Crippen LogP contribution in [0.25, 0.3) is 218 Å². The summed E-state index contributed by atoms with van der Waals surface area (Å²) in [5, 5.41) is 25.7. The van der Waals surface area contributed by atoms with Crippen molar-refractivity contribution in [3.8, 4) is 22.5 Å². The van der Waals surface area contributed by atoms with Gasteiger partial charge in [0.25, 0.3) is 0 Å². The van der Waals surface area contributed by atoms with Crippen LogP contribution in [-0.2, 0) is 0 Å². The topological polar surface area (TPSA) is 27.5 Å². The zero-order valence-electron chi connectivity index (χ0n) is 48.1. The summed E-state index contributed by atoms with van der Waals surface area (Å²) in [6, 6.07) is 101. The lowest BCUT2D eigenvalue weighted by atomic mass is 9.99. The molecule has 0 atom stereocenters. The molecular formula is C84H44N6. The molecule has 10 heterocycles. The molecule has 0 radical (unpaired) electrons. The zero-order valence-corrected chi connectivity index (χ0v) is 48.1. The van der Waals surface area contributed by atoms with E-state index < -0.39 is 0 Å². The van der Waals surface area contributed by atoms with Gasteiger partial charge in [0.1, 0.15) is 0 Å². The quantitative estimate of drug-likeness (QED) is 0.169. The number of nitrogens with zero attached hydrogens (tertiary/aromatic N) is 6. The minimum atomic E-state index is 1.14. The van der Waals surface area contributed by atoms with Gasteiger partial charge in [0.05, 0.1) is 94.0 Å². The lowest BCUT2D eigenvalue weighted by Crippen LogP contribution is -1.97.